The third kappa shape index (κ3) is 8.44. The molecule has 1 aromatic carbocycles. The Hall–Kier alpha value is -3.70. The maximum atomic E-state index is 13.3. The van der Waals surface area contributed by atoms with Crippen molar-refractivity contribution < 1.29 is 23.4 Å². The van der Waals surface area contributed by atoms with Crippen molar-refractivity contribution in [1.29, 1.82) is 0 Å². The molecule has 11 heteroatoms. The molecule has 3 heterocycles. The molecule has 0 unspecified atom stereocenters. The van der Waals surface area contributed by atoms with Gasteiger partial charge in [-0.05, 0) is 81.7 Å². The van der Waals surface area contributed by atoms with Gasteiger partial charge in [0.05, 0.1) is 25.5 Å². The number of ether oxygens (including phenoxy) is 3. The van der Waals surface area contributed by atoms with Gasteiger partial charge in [-0.25, -0.2) is 9.78 Å². The van der Waals surface area contributed by atoms with E-state index in [-0.39, 0.29) is 23.3 Å². The van der Waals surface area contributed by atoms with E-state index in [4.69, 9.17) is 23.6 Å². The Labute approximate surface area is 256 Å². The minimum atomic E-state index is -2.05. The number of carbonyl (C=O) groups excluding carboxylic acids is 1. The topological polar surface area (TPSA) is 108 Å². The molecule has 0 aliphatic carbocycles. The number of carbonyl (C=O) groups is 1. The standard InChI is InChI=1S/C32H45N5O5Si/c1-31(2,3)41-30(38)37-21-26(42-43(8,9)32(4,5)6)17-23(37)19-34-27-20-35-28(22-11-10-16-33-18-22)36-29(27)40-25-14-12-24(39-7)13-15-25/h10-16,18,20,23,26,34H,17,19,21H2,1-9H3/t23-,26+/m0/s1. The molecule has 1 saturated heterocycles. The first kappa shape index (κ1) is 32.2. The van der Waals surface area contributed by atoms with Crippen molar-refractivity contribution in [3.63, 3.8) is 0 Å². The maximum absolute atomic E-state index is 13.3. The lowest BCUT2D eigenvalue weighted by Gasteiger charge is -2.38. The van der Waals surface area contributed by atoms with Gasteiger partial charge in [-0.1, -0.05) is 20.8 Å². The summed E-state index contributed by atoms with van der Waals surface area (Å²) in [6, 6.07) is 10.8. The fourth-order valence-electron chi connectivity index (χ4n) is 4.47. The molecule has 1 aliphatic heterocycles. The van der Waals surface area contributed by atoms with Crippen molar-refractivity contribution in [3.8, 4) is 28.8 Å². The van der Waals surface area contributed by atoms with E-state index in [2.05, 4.69) is 49.1 Å². The van der Waals surface area contributed by atoms with Crippen LogP contribution < -0.4 is 14.8 Å². The van der Waals surface area contributed by atoms with Gasteiger partial charge in [0.25, 0.3) is 0 Å². The average Bonchev–Trinajstić information content (AvgIpc) is 3.33. The summed E-state index contributed by atoms with van der Waals surface area (Å²) >= 11 is 0. The van der Waals surface area contributed by atoms with Gasteiger partial charge in [-0.15, -0.1) is 0 Å². The molecule has 1 amide bonds. The summed E-state index contributed by atoms with van der Waals surface area (Å²) in [6.07, 6.45) is 5.36. The fourth-order valence-corrected chi connectivity index (χ4v) is 5.83. The lowest BCUT2D eigenvalue weighted by Crippen LogP contribution is -2.45. The maximum Gasteiger partial charge on any atom is 0.410 e. The van der Waals surface area contributed by atoms with Crippen LogP contribution in [0.3, 0.4) is 0 Å². The van der Waals surface area contributed by atoms with E-state index < -0.39 is 13.9 Å². The van der Waals surface area contributed by atoms with E-state index in [1.165, 1.54) is 0 Å². The molecule has 43 heavy (non-hydrogen) atoms. The van der Waals surface area contributed by atoms with E-state index in [0.717, 1.165) is 11.3 Å². The number of hydrogen-bond acceptors (Lipinski definition) is 9. The third-order valence-corrected chi connectivity index (χ3v) is 12.3. The first-order chi connectivity index (χ1) is 20.1. The van der Waals surface area contributed by atoms with Crippen molar-refractivity contribution in [2.45, 2.75) is 83.8 Å². The predicted molar refractivity (Wildman–Crippen MR) is 170 cm³/mol. The number of benzene rings is 1. The number of likely N-dealkylation sites (tertiary alicyclic amines) is 1. The molecule has 232 valence electrons. The van der Waals surface area contributed by atoms with Crippen LogP contribution in [-0.4, -0.2) is 72.2 Å². The van der Waals surface area contributed by atoms with Crippen LogP contribution in [0.25, 0.3) is 11.4 Å². The number of pyridine rings is 1. The highest BCUT2D eigenvalue weighted by Gasteiger charge is 2.44. The van der Waals surface area contributed by atoms with Crippen molar-refractivity contribution in [2.24, 2.45) is 0 Å². The fraction of sp³-hybridized carbons (Fsp3) is 0.500. The Kier molecular flexibility index (Phi) is 9.65. The van der Waals surface area contributed by atoms with Gasteiger partial charge in [0.1, 0.15) is 22.8 Å². The average molecular weight is 608 g/mol. The molecule has 2 aromatic heterocycles. The van der Waals surface area contributed by atoms with Crippen LogP contribution in [0, 0.1) is 0 Å². The van der Waals surface area contributed by atoms with Crippen LogP contribution in [-0.2, 0) is 9.16 Å². The van der Waals surface area contributed by atoms with Crippen LogP contribution >= 0.6 is 0 Å². The van der Waals surface area contributed by atoms with Gasteiger partial charge >= 0.3 is 6.09 Å². The number of aromatic nitrogens is 3. The number of nitrogens with one attached hydrogen (secondary N) is 1. The number of amides is 1. The van der Waals surface area contributed by atoms with Gasteiger partial charge in [0.15, 0.2) is 14.1 Å². The molecule has 1 fully saturated rings. The highest BCUT2D eigenvalue weighted by Crippen LogP contribution is 2.39. The summed E-state index contributed by atoms with van der Waals surface area (Å²) in [5.74, 6) is 2.16. The second kappa shape index (κ2) is 12.9. The minimum Gasteiger partial charge on any atom is -0.497 e. The van der Waals surface area contributed by atoms with Crippen molar-refractivity contribution in [2.75, 3.05) is 25.5 Å². The van der Waals surface area contributed by atoms with E-state index in [0.29, 0.717) is 42.7 Å². The lowest BCUT2D eigenvalue weighted by molar-refractivity contribution is 0.0218. The smallest absolute Gasteiger partial charge is 0.410 e. The van der Waals surface area contributed by atoms with Gasteiger partial charge in [-0.3, -0.25) is 4.98 Å². The summed E-state index contributed by atoms with van der Waals surface area (Å²) in [5, 5.41) is 3.51. The van der Waals surface area contributed by atoms with Crippen molar-refractivity contribution in [3.05, 3.63) is 55.0 Å². The summed E-state index contributed by atoms with van der Waals surface area (Å²) in [7, 11) is -0.430. The Balaban J connectivity index is 1.59. The molecule has 3 aromatic rings. The van der Waals surface area contributed by atoms with E-state index in [1.807, 2.05) is 57.2 Å². The van der Waals surface area contributed by atoms with Crippen LogP contribution in [0.4, 0.5) is 10.5 Å². The van der Waals surface area contributed by atoms with Crippen LogP contribution in [0.15, 0.2) is 55.0 Å². The summed E-state index contributed by atoms with van der Waals surface area (Å²) in [6.45, 7) is 17.7. The molecule has 0 bridgehead atoms. The zero-order valence-electron chi connectivity index (χ0n) is 26.8. The largest absolute Gasteiger partial charge is 0.497 e. The van der Waals surface area contributed by atoms with Gasteiger partial charge in [0, 0.05) is 31.0 Å². The quantitative estimate of drug-likeness (QED) is 0.254. The highest BCUT2D eigenvalue weighted by molar-refractivity contribution is 6.74. The first-order valence-electron chi connectivity index (χ1n) is 14.7. The predicted octanol–water partition coefficient (Wildman–Crippen LogP) is 7.15. The summed E-state index contributed by atoms with van der Waals surface area (Å²) in [5.41, 5.74) is 0.760. The van der Waals surface area contributed by atoms with E-state index in [1.54, 1.807) is 30.6 Å². The second-order valence-electron chi connectivity index (χ2n) is 13.3. The van der Waals surface area contributed by atoms with Crippen LogP contribution in [0.5, 0.6) is 17.4 Å². The molecule has 2 atom stereocenters. The van der Waals surface area contributed by atoms with Crippen LogP contribution in [0.2, 0.25) is 18.1 Å². The van der Waals surface area contributed by atoms with Gasteiger partial charge < -0.3 is 28.9 Å². The third-order valence-electron chi connectivity index (χ3n) is 7.75. The van der Waals surface area contributed by atoms with Gasteiger partial charge in [0.2, 0.25) is 5.88 Å². The summed E-state index contributed by atoms with van der Waals surface area (Å²) < 4.78 is 24.0. The Morgan fingerprint density at radius 2 is 1.74 bits per heavy atom. The molecule has 4 rings (SSSR count). The van der Waals surface area contributed by atoms with Crippen LogP contribution in [0.1, 0.15) is 48.0 Å². The highest BCUT2D eigenvalue weighted by atomic mass is 28.4. The number of anilines is 1. The monoisotopic (exact) mass is 607 g/mol. The molecular weight excluding hydrogens is 562 g/mol. The SMILES string of the molecule is COc1ccc(Oc2nc(-c3cccnc3)ncc2NC[C@@H]2C[C@@H](O[Si](C)(C)C(C)(C)C)CN2C(=O)OC(C)(C)C)cc1. The Morgan fingerprint density at radius 3 is 2.35 bits per heavy atom. The van der Waals surface area contributed by atoms with Crippen molar-refractivity contribution in [1.82, 2.24) is 19.9 Å². The van der Waals surface area contributed by atoms with E-state index in [9.17, 15) is 4.79 Å². The minimum absolute atomic E-state index is 0.0567. The second-order valence-corrected chi connectivity index (χ2v) is 18.1. The Bertz CT molecular complexity index is 1370. The number of hydrogen-bond donors (Lipinski definition) is 1. The number of methoxy groups -OCH3 is 1. The molecule has 0 radical (unpaired) electrons. The Morgan fingerprint density at radius 1 is 1.05 bits per heavy atom. The number of nitrogens with zero attached hydrogens (tertiary/aromatic N) is 4. The normalized spacial score (nSPS) is 17.5. The van der Waals surface area contributed by atoms with Gasteiger partial charge in [-0.2, -0.15) is 4.98 Å². The zero-order valence-corrected chi connectivity index (χ0v) is 27.8. The lowest BCUT2D eigenvalue weighted by atomic mass is 10.2. The number of rotatable bonds is 9. The molecular formula is C32H45N5O5Si. The zero-order chi connectivity index (χ0) is 31.4. The molecule has 0 saturated carbocycles. The van der Waals surface area contributed by atoms with E-state index >= 15 is 0 Å². The molecule has 10 nitrogen and oxygen atoms in total. The first-order valence-corrected chi connectivity index (χ1v) is 17.6. The molecule has 1 aliphatic rings. The molecule has 1 N–H and O–H groups in total. The van der Waals surface area contributed by atoms with Crippen molar-refractivity contribution >= 4 is 20.1 Å². The summed E-state index contributed by atoms with van der Waals surface area (Å²) in [4.78, 5) is 28.6. The molecule has 0 spiro atoms.